The lowest BCUT2D eigenvalue weighted by molar-refractivity contribution is 1.14. The van der Waals surface area contributed by atoms with Gasteiger partial charge in [0.1, 0.15) is 0 Å². The van der Waals surface area contributed by atoms with Crippen molar-refractivity contribution in [1.29, 1.82) is 0 Å². The second kappa shape index (κ2) is 6.44. The van der Waals surface area contributed by atoms with Gasteiger partial charge in [0.25, 0.3) is 0 Å². The number of benzene rings is 2. The van der Waals surface area contributed by atoms with Crippen LogP contribution < -0.4 is 4.90 Å². The third-order valence-corrected chi connectivity index (χ3v) is 6.41. The topological polar surface area (TPSA) is 29.0 Å². The van der Waals surface area contributed by atoms with Crippen molar-refractivity contribution in [3.05, 3.63) is 65.4 Å². The van der Waals surface area contributed by atoms with Gasteiger partial charge in [0.05, 0.1) is 21.0 Å². The highest BCUT2D eigenvalue weighted by Gasteiger charge is 2.16. The Morgan fingerprint density at radius 3 is 2.26 bits per heavy atom. The van der Waals surface area contributed by atoms with E-state index in [9.17, 15) is 0 Å². The van der Waals surface area contributed by atoms with Crippen molar-refractivity contribution in [3.8, 4) is 21.3 Å². The highest BCUT2D eigenvalue weighted by molar-refractivity contribution is 7.14. The summed E-state index contributed by atoms with van der Waals surface area (Å²) >= 11 is 3.39. The molecule has 0 saturated carbocycles. The molecule has 0 unspecified atom stereocenters. The Labute approximate surface area is 165 Å². The van der Waals surface area contributed by atoms with Crippen molar-refractivity contribution in [3.63, 3.8) is 0 Å². The predicted molar refractivity (Wildman–Crippen MR) is 118 cm³/mol. The molecule has 5 aromatic rings. The number of fused-ring (bicyclic) bond motifs is 3. The normalized spacial score (nSPS) is 11.3. The van der Waals surface area contributed by atoms with Gasteiger partial charge in [-0.3, -0.25) is 0 Å². The molecule has 3 heterocycles. The molecule has 2 aromatic carbocycles. The molecule has 27 heavy (non-hydrogen) atoms. The first-order chi connectivity index (χ1) is 13.2. The van der Waals surface area contributed by atoms with Crippen molar-refractivity contribution < 1.29 is 0 Å². The number of hydrogen-bond acceptors (Lipinski definition) is 5. The smallest absolute Gasteiger partial charge is 0.170 e. The molecule has 3 nitrogen and oxygen atoms in total. The number of rotatable bonds is 3. The number of hydrogen-bond donors (Lipinski definition) is 0. The maximum atomic E-state index is 5.04. The predicted octanol–water partition coefficient (Wildman–Crippen LogP) is 6.31. The fourth-order valence-corrected chi connectivity index (χ4v) is 4.82. The first-order valence-corrected chi connectivity index (χ1v) is 10.5. The molecule has 0 amide bonds. The highest BCUT2D eigenvalue weighted by atomic mass is 32.1. The zero-order chi connectivity index (χ0) is 18.4. The van der Waals surface area contributed by atoms with Gasteiger partial charge in [0, 0.05) is 30.6 Å². The molecule has 0 spiro atoms. The largest absolute Gasteiger partial charge is 0.377 e. The van der Waals surface area contributed by atoms with Crippen LogP contribution in [0, 0.1) is 0 Å². The van der Waals surface area contributed by atoms with E-state index >= 15 is 0 Å². The Morgan fingerprint density at radius 1 is 0.778 bits per heavy atom. The molecule has 0 saturated heterocycles. The highest BCUT2D eigenvalue weighted by Crippen LogP contribution is 2.38. The molecule has 132 valence electrons. The van der Waals surface area contributed by atoms with Crippen LogP contribution in [0.2, 0.25) is 0 Å². The third-order valence-electron chi connectivity index (χ3n) is 4.66. The quantitative estimate of drug-likeness (QED) is 0.340. The summed E-state index contributed by atoms with van der Waals surface area (Å²) in [4.78, 5) is 14.4. The summed E-state index contributed by atoms with van der Waals surface area (Å²) in [5.74, 6) is 0.793. The summed E-state index contributed by atoms with van der Waals surface area (Å²) < 4.78 is 0. The molecule has 0 aliphatic carbocycles. The number of nitrogens with zero attached hydrogens (tertiary/aromatic N) is 3. The van der Waals surface area contributed by atoms with Crippen LogP contribution in [-0.4, -0.2) is 24.1 Å². The minimum atomic E-state index is 0.793. The van der Waals surface area contributed by atoms with Crippen molar-refractivity contribution in [2.45, 2.75) is 0 Å². The molecule has 5 heteroatoms. The average molecular weight is 388 g/mol. The second-order valence-corrected chi connectivity index (χ2v) is 8.48. The summed E-state index contributed by atoms with van der Waals surface area (Å²) in [5, 5.41) is 7.64. The Kier molecular flexibility index (Phi) is 3.92. The van der Waals surface area contributed by atoms with E-state index in [-0.39, 0.29) is 0 Å². The molecule has 0 radical (unpaired) electrons. The first kappa shape index (κ1) is 16.4. The van der Waals surface area contributed by atoms with Crippen LogP contribution in [0.15, 0.2) is 65.4 Å². The first-order valence-electron chi connectivity index (χ1n) is 8.71. The lowest BCUT2D eigenvalue weighted by Crippen LogP contribution is -2.09. The van der Waals surface area contributed by atoms with Crippen molar-refractivity contribution in [2.24, 2.45) is 0 Å². The van der Waals surface area contributed by atoms with Gasteiger partial charge in [0.2, 0.25) is 0 Å². The summed E-state index contributed by atoms with van der Waals surface area (Å²) in [6, 6.07) is 19.1. The molecule has 0 aliphatic rings. The van der Waals surface area contributed by atoms with Crippen LogP contribution in [0.4, 0.5) is 5.69 Å². The third kappa shape index (κ3) is 2.71. The van der Waals surface area contributed by atoms with Crippen molar-refractivity contribution >= 4 is 50.0 Å². The van der Waals surface area contributed by atoms with Gasteiger partial charge < -0.3 is 4.90 Å². The minimum absolute atomic E-state index is 0.793. The molecule has 0 fully saturated rings. The Morgan fingerprint density at radius 2 is 1.56 bits per heavy atom. The van der Waals surface area contributed by atoms with Crippen LogP contribution >= 0.6 is 22.7 Å². The molecular weight excluding hydrogens is 370 g/mol. The Hall–Kier alpha value is -2.76. The van der Waals surface area contributed by atoms with Gasteiger partial charge in [0.15, 0.2) is 5.82 Å². The van der Waals surface area contributed by atoms with Crippen molar-refractivity contribution in [1.82, 2.24) is 9.97 Å². The molecule has 0 atom stereocenters. The summed E-state index contributed by atoms with van der Waals surface area (Å²) in [7, 11) is 4.16. The molecule has 0 N–H and O–H groups in total. The summed E-state index contributed by atoms with van der Waals surface area (Å²) in [5.41, 5.74) is 3.19. The lowest BCUT2D eigenvalue weighted by atomic mass is 10.0. The second-order valence-electron chi connectivity index (χ2n) is 6.58. The molecule has 0 aliphatic heterocycles. The van der Waals surface area contributed by atoms with E-state index in [1.165, 1.54) is 21.3 Å². The molecular formula is C22H17N3S2. The zero-order valence-electron chi connectivity index (χ0n) is 15.0. The lowest BCUT2D eigenvalue weighted by Gasteiger charge is -2.17. The van der Waals surface area contributed by atoms with E-state index < -0.39 is 0 Å². The number of thiophene rings is 2. The van der Waals surface area contributed by atoms with Gasteiger partial charge in [-0.05, 0) is 40.4 Å². The number of aromatic nitrogens is 2. The fourth-order valence-electron chi connectivity index (χ4n) is 3.44. The van der Waals surface area contributed by atoms with Crippen molar-refractivity contribution in [2.75, 3.05) is 19.0 Å². The molecule has 3 aromatic heterocycles. The van der Waals surface area contributed by atoms with Gasteiger partial charge in [-0.2, -0.15) is 0 Å². The fraction of sp³-hybridized carbons (Fsp3) is 0.0909. The Bertz CT molecular complexity index is 1240. The van der Waals surface area contributed by atoms with Gasteiger partial charge in [-0.1, -0.05) is 30.3 Å². The SMILES string of the molecule is CN(C)c1cccc2ccc3c(-c4cccs4)nc(-c4cccs4)nc3c12. The van der Waals surface area contributed by atoms with Crippen LogP contribution in [-0.2, 0) is 0 Å². The van der Waals surface area contributed by atoms with E-state index in [4.69, 9.17) is 9.97 Å². The minimum Gasteiger partial charge on any atom is -0.377 e. The average Bonchev–Trinajstić information content (AvgIpc) is 3.40. The van der Waals surface area contributed by atoms with E-state index in [1.54, 1.807) is 22.7 Å². The summed E-state index contributed by atoms with van der Waals surface area (Å²) in [6.45, 7) is 0. The van der Waals surface area contributed by atoms with E-state index in [1.807, 2.05) is 6.07 Å². The van der Waals surface area contributed by atoms with E-state index in [2.05, 4.69) is 78.3 Å². The van der Waals surface area contributed by atoms with Crippen LogP contribution in [0.3, 0.4) is 0 Å². The zero-order valence-corrected chi connectivity index (χ0v) is 16.6. The van der Waals surface area contributed by atoms with Gasteiger partial charge in [-0.25, -0.2) is 9.97 Å². The number of anilines is 1. The monoisotopic (exact) mass is 387 g/mol. The maximum Gasteiger partial charge on any atom is 0.170 e. The summed E-state index contributed by atoms with van der Waals surface area (Å²) in [6.07, 6.45) is 0. The van der Waals surface area contributed by atoms with Gasteiger partial charge in [-0.15, -0.1) is 22.7 Å². The van der Waals surface area contributed by atoms with Crippen LogP contribution in [0.25, 0.3) is 42.9 Å². The molecule has 5 rings (SSSR count). The van der Waals surface area contributed by atoms with Gasteiger partial charge >= 0.3 is 0 Å². The van der Waals surface area contributed by atoms with E-state index in [0.29, 0.717) is 0 Å². The van der Waals surface area contributed by atoms with Crippen LogP contribution in [0.1, 0.15) is 0 Å². The van der Waals surface area contributed by atoms with E-state index in [0.717, 1.165) is 27.3 Å². The standard InChI is InChI=1S/C22H17N3S2/c1-25(2)16-7-3-6-14-10-11-15-20(17-8-4-12-26-17)23-22(18-9-5-13-27-18)24-21(15)19(14)16/h3-13H,1-2H3. The maximum absolute atomic E-state index is 5.04. The Balaban J connectivity index is 1.96. The molecule has 0 bridgehead atoms. The van der Waals surface area contributed by atoms with Crippen LogP contribution in [0.5, 0.6) is 0 Å².